The highest BCUT2D eigenvalue weighted by Gasteiger charge is 2.03. The van der Waals surface area contributed by atoms with E-state index in [4.69, 9.17) is 11.6 Å². The van der Waals surface area contributed by atoms with Crippen LogP contribution in [-0.2, 0) is 13.1 Å². The minimum absolute atomic E-state index is 0.284. The fourth-order valence-corrected chi connectivity index (χ4v) is 2.10. The Balaban J connectivity index is 2.08. The molecule has 0 bridgehead atoms. The lowest BCUT2D eigenvalue weighted by atomic mass is 10.3. The molecular weight excluding hydrogens is 278 g/mol. The zero-order chi connectivity index (χ0) is 14.5. The smallest absolute Gasteiger partial charge is 0.331 e. The van der Waals surface area contributed by atoms with E-state index in [1.165, 1.54) is 21.4 Å². The first-order valence-corrected chi connectivity index (χ1v) is 6.79. The molecule has 1 N–H and O–H groups in total. The van der Waals surface area contributed by atoms with Gasteiger partial charge in [0.1, 0.15) is 0 Å². The molecule has 0 radical (unpaired) electrons. The highest BCUT2D eigenvalue weighted by Crippen LogP contribution is 2.14. The van der Waals surface area contributed by atoms with Gasteiger partial charge < -0.3 is 9.88 Å². The average molecular weight is 294 g/mol. The molecule has 0 saturated carbocycles. The summed E-state index contributed by atoms with van der Waals surface area (Å²) in [6, 6.07) is 8.70. The maximum absolute atomic E-state index is 12.0. The number of nitrogens with zero attached hydrogens (tertiary/aromatic N) is 2. The van der Waals surface area contributed by atoms with Crippen LogP contribution in [0.5, 0.6) is 0 Å². The summed E-state index contributed by atoms with van der Waals surface area (Å²) in [7, 11) is 0. The lowest BCUT2D eigenvalue weighted by molar-refractivity contribution is 0.577. The van der Waals surface area contributed by atoms with Crippen molar-refractivity contribution in [2.75, 3.05) is 11.9 Å². The first kappa shape index (κ1) is 14.4. The number of halogens is 1. The van der Waals surface area contributed by atoms with Crippen molar-refractivity contribution >= 4 is 17.3 Å². The van der Waals surface area contributed by atoms with Crippen LogP contribution in [0.2, 0.25) is 5.02 Å². The number of benzene rings is 1. The second kappa shape index (κ2) is 6.43. The summed E-state index contributed by atoms with van der Waals surface area (Å²) in [5, 5.41) is 3.77. The number of aromatic nitrogens is 2. The normalized spacial score (nSPS) is 10.5. The Morgan fingerprint density at radius 3 is 2.75 bits per heavy atom. The van der Waals surface area contributed by atoms with Crippen molar-refractivity contribution in [2.24, 2.45) is 0 Å². The van der Waals surface area contributed by atoms with E-state index in [9.17, 15) is 9.59 Å². The van der Waals surface area contributed by atoms with Crippen LogP contribution in [0, 0.1) is 0 Å². The highest BCUT2D eigenvalue weighted by molar-refractivity contribution is 6.30. The van der Waals surface area contributed by atoms with Crippen LogP contribution in [0.25, 0.3) is 0 Å². The van der Waals surface area contributed by atoms with Crippen LogP contribution in [0.1, 0.15) is 6.92 Å². The average Bonchev–Trinajstić information content (AvgIpc) is 2.43. The Bertz CT molecular complexity index is 706. The lowest BCUT2D eigenvalue weighted by Crippen LogP contribution is -2.40. The summed E-state index contributed by atoms with van der Waals surface area (Å²) in [5.74, 6) is 0. The van der Waals surface area contributed by atoms with Gasteiger partial charge in [0, 0.05) is 42.6 Å². The largest absolute Gasteiger partial charge is 0.383 e. The lowest BCUT2D eigenvalue weighted by Gasteiger charge is -2.10. The Morgan fingerprint density at radius 1 is 1.25 bits per heavy atom. The van der Waals surface area contributed by atoms with Crippen molar-refractivity contribution in [1.82, 2.24) is 9.13 Å². The molecule has 0 aliphatic rings. The third-order valence-electron chi connectivity index (χ3n) is 2.97. The maximum Gasteiger partial charge on any atom is 0.331 e. The van der Waals surface area contributed by atoms with E-state index < -0.39 is 0 Å². The fourth-order valence-electron chi connectivity index (χ4n) is 1.91. The summed E-state index contributed by atoms with van der Waals surface area (Å²) < 4.78 is 2.72. The zero-order valence-corrected chi connectivity index (χ0v) is 11.9. The van der Waals surface area contributed by atoms with Crippen molar-refractivity contribution in [2.45, 2.75) is 20.0 Å². The quantitative estimate of drug-likeness (QED) is 0.914. The second-order valence-electron chi connectivity index (χ2n) is 4.31. The number of hydrogen-bond acceptors (Lipinski definition) is 3. The van der Waals surface area contributed by atoms with Crippen LogP contribution in [0.15, 0.2) is 46.1 Å². The van der Waals surface area contributed by atoms with Crippen LogP contribution >= 0.6 is 11.6 Å². The molecule has 0 spiro atoms. The van der Waals surface area contributed by atoms with Gasteiger partial charge in [0.2, 0.25) is 0 Å². The van der Waals surface area contributed by atoms with Crippen molar-refractivity contribution in [1.29, 1.82) is 0 Å². The van der Waals surface area contributed by atoms with Gasteiger partial charge in [-0.3, -0.25) is 9.36 Å². The fraction of sp³-hybridized carbons (Fsp3) is 0.286. The summed E-state index contributed by atoms with van der Waals surface area (Å²) in [4.78, 5) is 23.7. The summed E-state index contributed by atoms with van der Waals surface area (Å²) in [6.07, 6.45) is 1.52. The van der Waals surface area contributed by atoms with Gasteiger partial charge in [-0.05, 0) is 25.1 Å². The molecule has 1 heterocycles. The van der Waals surface area contributed by atoms with E-state index in [-0.39, 0.29) is 11.2 Å². The molecule has 2 rings (SSSR count). The monoisotopic (exact) mass is 293 g/mol. The number of aryl methyl sites for hydroxylation is 1. The molecule has 2 aromatic rings. The molecule has 6 heteroatoms. The van der Waals surface area contributed by atoms with E-state index >= 15 is 0 Å². The first-order chi connectivity index (χ1) is 9.61. The van der Waals surface area contributed by atoms with Crippen molar-refractivity contribution < 1.29 is 0 Å². The van der Waals surface area contributed by atoms with E-state index in [0.29, 0.717) is 24.7 Å². The third kappa shape index (κ3) is 3.30. The molecular formula is C14H16ClN3O2. The minimum Gasteiger partial charge on any atom is -0.383 e. The maximum atomic E-state index is 12.0. The van der Waals surface area contributed by atoms with Gasteiger partial charge in [-0.1, -0.05) is 17.7 Å². The van der Waals surface area contributed by atoms with Crippen LogP contribution < -0.4 is 16.6 Å². The van der Waals surface area contributed by atoms with Crippen molar-refractivity contribution in [3.8, 4) is 0 Å². The van der Waals surface area contributed by atoms with Crippen LogP contribution in [0.3, 0.4) is 0 Å². The summed E-state index contributed by atoms with van der Waals surface area (Å²) in [6.45, 7) is 3.19. The van der Waals surface area contributed by atoms with E-state index in [0.717, 1.165) is 5.69 Å². The predicted octanol–water partition coefficient (Wildman–Crippen LogP) is 1.80. The minimum atomic E-state index is -0.285. The molecule has 20 heavy (non-hydrogen) atoms. The standard InChI is InChI=1S/C14H16ClN3O2/c1-2-17-8-6-13(19)18(14(17)20)9-7-16-12-5-3-4-11(15)10-12/h3-6,8,10,16H,2,7,9H2,1H3. The molecule has 1 aromatic heterocycles. The van der Waals surface area contributed by atoms with E-state index in [1.54, 1.807) is 12.1 Å². The summed E-state index contributed by atoms with van der Waals surface area (Å²) >= 11 is 5.88. The summed E-state index contributed by atoms with van der Waals surface area (Å²) in [5.41, 5.74) is 0.290. The molecule has 0 saturated heterocycles. The third-order valence-corrected chi connectivity index (χ3v) is 3.20. The molecule has 0 aliphatic heterocycles. The van der Waals surface area contributed by atoms with Crippen LogP contribution in [0.4, 0.5) is 5.69 Å². The molecule has 5 nitrogen and oxygen atoms in total. The Hall–Kier alpha value is -2.01. The highest BCUT2D eigenvalue weighted by atomic mass is 35.5. The molecule has 0 atom stereocenters. The van der Waals surface area contributed by atoms with E-state index in [2.05, 4.69) is 5.32 Å². The topological polar surface area (TPSA) is 56.0 Å². The first-order valence-electron chi connectivity index (χ1n) is 6.41. The molecule has 106 valence electrons. The molecule has 1 aromatic carbocycles. The van der Waals surface area contributed by atoms with Crippen molar-refractivity contribution in [3.05, 3.63) is 62.4 Å². The Morgan fingerprint density at radius 2 is 2.05 bits per heavy atom. The number of hydrogen-bond donors (Lipinski definition) is 1. The second-order valence-corrected chi connectivity index (χ2v) is 4.75. The molecule has 0 fully saturated rings. The SMILES string of the molecule is CCn1ccc(=O)n(CCNc2cccc(Cl)c2)c1=O. The number of anilines is 1. The van der Waals surface area contributed by atoms with Gasteiger partial charge in [-0.25, -0.2) is 4.79 Å². The molecule has 0 unspecified atom stereocenters. The Kier molecular flexibility index (Phi) is 4.63. The van der Waals surface area contributed by atoms with Gasteiger partial charge in [0.05, 0.1) is 0 Å². The molecule has 0 aliphatic carbocycles. The predicted molar refractivity (Wildman–Crippen MR) is 80.6 cm³/mol. The van der Waals surface area contributed by atoms with Gasteiger partial charge in [-0.2, -0.15) is 0 Å². The van der Waals surface area contributed by atoms with E-state index in [1.807, 2.05) is 19.1 Å². The van der Waals surface area contributed by atoms with Gasteiger partial charge in [0.15, 0.2) is 0 Å². The number of nitrogens with one attached hydrogen (secondary N) is 1. The van der Waals surface area contributed by atoms with Gasteiger partial charge in [-0.15, -0.1) is 0 Å². The molecule has 0 amide bonds. The zero-order valence-electron chi connectivity index (χ0n) is 11.2. The number of rotatable bonds is 5. The Labute approximate surface area is 121 Å². The van der Waals surface area contributed by atoms with Crippen LogP contribution in [-0.4, -0.2) is 15.7 Å². The van der Waals surface area contributed by atoms with Gasteiger partial charge >= 0.3 is 5.69 Å². The van der Waals surface area contributed by atoms with Gasteiger partial charge in [0.25, 0.3) is 5.56 Å². The van der Waals surface area contributed by atoms with Crippen molar-refractivity contribution in [3.63, 3.8) is 0 Å².